The summed E-state index contributed by atoms with van der Waals surface area (Å²) >= 11 is 0. The maximum Gasteiger partial charge on any atom is 0.322 e. The molecule has 36 heteroatoms. The lowest BCUT2D eigenvalue weighted by Crippen LogP contribution is -2.55. The highest BCUT2D eigenvalue weighted by molar-refractivity contribution is 6.27. The van der Waals surface area contributed by atoms with Gasteiger partial charge in [0, 0.05) is 125 Å². The number of imide groups is 3. The number of hydrogen-bond donors (Lipinski definition) is 13. The van der Waals surface area contributed by atoms with Crippen LogP contribution in [0.2, 0.25) is 0 Å². The lowest BCUT2D eigenvalue weighted by molar-refractivity contribution is -0.137. The van der Waals surface area contributed by atoms with E-state index in [4.69, 9.17) is 12.2 Å². The molecule has 6 heterocycles. The van der Waals surface area contributed by atoms with E-state index in [1.807, 2.05) is 60.7 Å². The number of halogens is 5. The lowest BCUT2D eigenvalue weighted by atomic mass is 9.97. The van der Waals surface area contributed by atoms with Gasteiger partial charge in [-0.1, -0.05) is 72.8 Å². The van der Waals surface area contributed by atoms with Gasteiger partial charge in [-0.05, 0) is 162 Å². The predicted molar refractivity (Wildman–Crippen MR) is 476 cm³/mol. The minimum atomic E-state index is -1.12. The standard InChI is InChI=1S/C47H44F2N8O7.C32H33F2N5O2.C15H13N3O6.CH3F/c1-25(53-39(58)12-5-6-19-50-41(60)24-52-36-11-7-10-30-42(36)47(64)57(46(30)63)38-17-18-40(59)56-45(38)62)29-16-13-26(20-34(29)48)31-21-32-37(22-35(31)49)51-23-33(44(61)55-28-14-15-28)43(32)54-27-8-3-2-4-9-27;1-19(37-30(40)9-5-6-14-35)23-13-10-20(15-27(23)33)24-16-25-29(17-28(24)34)36-18-26(32(41)39-22-11-12-22)31(25)38-21-7-3-2-4-8-21;19-10-4-11(20)17-5-9(10)18-14(23)7-2-1-3-8(13(7)15(18)24)16-6-12(21)22;1-2/h2-4,7-11,13,16,20-23,25,28,38,52H,5-6,12,14-15,17-19,24H2,1H3,(H,50,60)(H,51,54)(H,53,58)(H,55,61)(H,56,59,62);2-4,7-8,10,13,15-19,22H,5-6,9,11-12,14,35H2,1H3,(H,36,38)(H,37,40)(H,39,41);1-3,9,16H,4-6H2,(H,17,20)(H,21,22);1H3/i;;;1D. The number of fused-ring (bicyclic) bond motifs is 4. The van der Waals surface area contributed by atoms with E-state index in [1.165, 1.54) is 67.0 Å². The number of aromatic nitrogens is 2. The molecule has 2 saturated heterocycles. The number of carboxylic acid groups (broad SMARTS) is 1. The lowest BCUT2D eigenvalue weighted by Gasteiger charge is -2.28. The Morgan fingerprint density at radius 3 is 1.44 bits per heavy atom. The molecule has 6 aliphatic rings. The molecule has 131 heavy (non-hydrogen) atoms. The second-order valence-electron chi connectivity index (χ2n) is 31.8. The highest BCUT2D eigenvalue weighted by Gasteiger charge is 2.48. The zero-order valence-corrected chi connectivity index (χ0v) is 71.0. The van der Waals surface area contributed by atoms with E-state index < -0.39 is 120 Å². The first-order valence-corrected chi connectivity index (χ1v) is 42.4. The summed E-state index contributed by atoms with van der Waals surface area (Å²) in [6.07, 6.45) is 8.83. The summed E-state index contributed by atoms with van der Waals surface area (Å²) in [4.78, 5) is 184. The van der Waals surface area contributed by atoms with Gasteiger partial charge in [-0.15, -0.1) is 0 Å². The molecular weight excluding hydrogens is 1700 g/mol. The number of aliphatic carboxylic acids is 1. The molecule has 2 saturated carbocycles. The minimum Gasteiger partial charge on any atom is -0.480 e. The first kappa shape index (κ1) is 92.0. The number of carbonyl (C=O) groups excluding carboxylic acids is 13. The van der Waals surface area contributed by atoms with E-state index >= 15 is 17.6 Å². The average Bonchev–Trinajstić information content (AvgIpc) is 1.54. The molecule has 678 valence electrons. The second-order valence-corrected chi connectivity index (χ2v) is 31.8. The van der Waals surface area contributed by atoms with Crippen molar-refractivity contribution in [2.24, 2.45) is 5.73 Å². The molecule has 4 aliphatic heterocycles. The van der Waals surface area contributed by atoms with Crippen molar-refractivity contribution in [2.75, 3.05) is 61.1 Å². The summed E-state index contributed by atoms with van der Waals surface area (Å²) in [5.74, 6) is -9.84. The number of nitrogens with one attached hydrogen (secondary N) is 11. The van der Waals surface area contributed by atoms with Crippen molar-refractivity contribution in [1.82, 2.24) is 57.0 Å². The summed E-state index contributed by atoms with van der Waals surface area (Å²) in [6, 6.07) is 38.8. The zero-order valence-electron chi connectivity index (χ0n) is 72.0. The number of piperidine rings is 2. The van der Waals surface area contributed by atoms with Crippen LogP contribution in [0.1, 0.15) is 184 Å². The van der Waals surface area contributed by atoms with Crippen molar-refractivity contribution in [3.63, 3.8) is 0 Å². The van der Waals surface area contributed by atoms with Gasteiger partial charge in [-0.3, -0.25) is 96.6 Å². The van der Waals surface area contributed by atoms with Gasteiger partial charge in [0.25, 0.3) is 35.4 Å². The summed E-state index contributed by atoms with van der Waals surface area (Å²) < 4.78 is 77.5. The van der Waals surface area contributed by atoms with E-state index in [1.54, 1.807) is 56.3 Å². The van der Waals surface area contributed by atoms with E-state index in [2.05, 4.69) is 68.5 Å². The van der Waals surface area contributed by atoms with Crippen molar-refractivity contribution >= 4 is 139 Å². The van der Waals surface area contributed by atoms with Crippen molar-refractivity contribution in [3.05, 3.63) is 238 Å². The molecule has 14 N–H and O–H groups in total. The van der Waals surface area contributed by atoms with E-state index in [-0.39, 0.29) is 137 Å². The van der Waals surface area contributed by atoms with Crippen LogP contribution in [-0.2, 0) is 38.4 Å². The molecule has 2 aromatic heterocycles. The van der Waals surface area contributed by atoms with Crippen molar-refractivity contribution < 1.29 is 95.6 Å². The van der Waals surface area contributed by atoms with Crippen LogP contribution in [0.5, 0.6) is 0 Å². The number of amides is 12. The number of anilines is 6. The molecule has 8 aromatic carbocycles. The third kappa shape index (κ3) is 22.3. The number of unbranched alkanes of at least 4 members (excludes halogenated alkanes) is 2. The fraction of sp³-hybridized carbons (Fsp3) is 0.284. The third-order valence-corrected chi connectivity index (χ3v) is 22.4. The smallest absolute Gasteiger partial charge is 0.322 e. The number of alkyl halides is 1. The molecular formula is C95H93F5N16O15. The van der Waals surface area contributed by atoms with Gasteiger partial charge in [-0.25, -0.2) is 17.6 Å². The highest BCUT2D eigenvalue weighted by Crippen LogP contribution is 2.41. The van der Waals surface area contributed by atoms with E-state index in [0.717, 1.165) is 47.6 Å². The fourth-order valence-electron chi connectivity index (χ4n) is 15.4. The largest absolute Gasteiger partial charge is 0.480 e. The summed E-state index contributed by atoms with van der Waals surface area (Å²) in [6.45, 7) is 3.33. The third-order valence-electron chi connectivity index (χ3n) is 22.4. The number of nitrogens with two attached hydrogens (primary N) is 1. The number of para-hydroxylation sites is 2. The maximum atomic E-state index is 15.7. The highest BCUT2D eigenvalue weighted by atomic mass is 19.1. The monoisotopic (exact) mass is 1790 g/mol. The predicted octanol–water partition coefficient (Wildman–Crippen LogP) is 11.7. The van der Waals surface area contributed by atoms with Crippen molar-refractivity contribution in [1.29, 1.82) is 0 Å². The first-order chi connectivity index (χ1) is 63.5. The molecule has 2 aliphatic carbocycles. The Labute approximate surface area is 748 Å². The van der Waals surface area contributed by atoms with Crippen molar-refractivity contribution in [3.8, 4) is 22.3 Å². The van der Waals surface area contributed by atoms with Gasteiger partial charge >= 0.3 is 5.97 Å². The van der Waals surface area contributed by atoms with Crippen LogP contribution in [0.3, 0.4) is 0 Å². The normalized spacial score (nSPS) is 16.0. The molecule has 31 nitrogen and oxygen atoms in total. The molecule has 10 aromatic rings. The van der Waals surface area contributed by atoms with Gasteiger partial charge in [-0.2, -0.15) is 0 Å². The second kappa shape index (κ2) is 42.1. The maximum absolute atomic E-state index is 15.7. The van der Waals surface area contributed by atoms with E-state index in [9.17, 15) is 71.5 Å². The SMILES string of the molecule is CC(NC(=O)CCCCN)c1ccc(-c2cc3c(Nc4ccccc4)c(C(=O)NC4CC4)cnc3cc2F)cc1F.CC(NC(=O)CCCCNC(=O)CNc1cccc2c1C(=O)N(C1CCC(=O)NC1=O)C2=O)c1ccc(-c2cc3c(Nc4ccccc4)c(C(=O)NC4CC4)cnc3cc2F)cc1F.O=C(O)CNc1cccc2c1C(=O)N(C1CNC(=O)CC1=O)C2=O.[2H]CF. The Morgan fingerprint density at radius 2 is 0.992 bits per heavy atom. The summed E-state index contributed by atoms with van der Waals surface area (Å²) in [5, 5.41) is 40.8. The van der Waals surface area contributed by atoms with Crippen LogP contribution < -0.4 is 64.2 Å². The number of benzene rings is 8. The topological polar surface area (TPSA) is 450 Å². The van der Waals surface area contributed by atoms with E-state index in [0.29, 0.717) is 93.3 Å². The quantitative estimate of drug-likeness (QED) is 0.00830. The van der Waals surface area contributed by atoms with Gasteiger partial charge < -0.3 is 64.0 Å². The Bertz CT molecular complexity index is 6210. The van der Waals surface area contributed by atoms with Gasteiger partial charge in [0.1, 0.15) is 41.9 Å². The number of carboxylic acids is 1. The van der Waals surface area contributed by atoms with Crippen LogP contribution in [-0.4, -0.2) is 172 Å². The van der Waals surface area contributed by atoms with Crippen LogP contribution in [0.25, 0.3) is 44.1 Å². The molecule has 4 unspecified atom stereocenters. The van der Waals surface area contributed by atoms with Crippen LogP contribution in [0.4, 0.5) is 56.1 Å². The number of Topliss-reactive ketones (excluding diaryl/α,β-unsaturated/α-hetero) is 1. The van der Waals surface area contributed by atoms with Crippen LogP contribution in [0, 0.1) is 23.3 Å². The number of rotatable bonds is 31. The van der Waals surface area contributed by atoms with Crippen molar-refractivity contribution in [2.45, 2.75) is 134 Å². The number of carbonyl (C=O) groups is 14. The molecule has 12 amide bonds. The Hall–Kier alpha value is -15.2. The molecule has 4 fully saturated rings. The summed E-state index contributed by atoms with van der Waals surface area (Å²) in [7, 11) is -1.00. The number of hydrogen-bond acceptors (Lipinski definition) is 21. The number of nitrogens with zero attached hydrogens (tertiary/aromatic N) is 4. The molecule has 0 bridgehead atoms. The molecule has 0 spiro atoms. The van der Waals surface area contributed by atoms with Gasteiger partial charge in [0.2, 0.25) is 35.4 Å². The molecule has 4 atom stereocenters. The Morgan fingerprint density at radius 1 is 0.527 bits per heavy atom. The fourth-order valence-corrected chi connectivity index (χ4v) is 15.4. The van der Waals surface area contributed by atoms with Gasteiger partial charge in [0.05, 0.1) is 89.4 Å². The molecule has 16 rings (SSSR count). The van der Waals surface area contributed by atoms with Gasteiger partial charge in [0.15, 0.2) is 5.78 Å². The zero-order chi connectivity index (χ0) is 94.1. The Kier molecular flexibility index (Phi) is 29.6. The summed E-state index contributed by atoms with van der Waals surface area (Å²) in [5.41, 5.74) is 11.2. The number of pyridine rings is 2. The average molecular weight is 1790 g/mol. The first-order valence-electron chi connectivity index (χ1n) is 43.1. The van der Waals surface area contributed by atoms with Crippen LogP contribution in [0.15, 0.2) is 170 Å². The number of ketones is 1. The molecule has 0 radical (unpaired) electrons. The van der Waals surface area contributed by atoms with Crippen LogP contribution >= 0.6 is 0 Å². The Balaban J connectivity index is 0.000000185. The minimum absolute atomic E-state index is 0.00744.